The summed E-state index contributed by atoms with van der Waals surface area (Å²) >= 11 is 0. The molecule has 0 aromatic heterocycles. The van der Waals surface area contributed by atoms with Crippen LogP contribution >= 0.6 is 0 Å². The molecule has 0 aliphatic heterocycles. The zero-order valence-electron chi connectivity index (χ0n) is 15.1. The summed E-state index contributed by atoms with van der Waals surface area (Å²) in [5.41, 5.74) is 1.49. The Hall–Kier alpha value is -2.86. The summed E-state index contributed by atoms with van der Waals surface area (Å²) in [6.07, 6.45) is -0.575. The minimum absolute atomic E-state index is 0.244. The van der Waals surface area contributed by atoms with Gasteiger partial charge >= 0.3 is 5.97 Å². The molecule has 1 N–H and O–H groups in total. The van der Waals surface area contributed by atoms with Crippen LogP contribution in [0, 0.1) is 0 Å². The fourth-order valence-electron chi connectivity index (χ4n) is 2.70. The average molecular weight is 357 g/mol. The van der Waals surface area contributed by atoms with Crippen LogP contribution in [0.4, 0.5) is 0 Å². The van der Waals surface area contributed by atoms with Crippen molar-refractivity contribution in [1.29, 1.82) is 0 Å². The van der Waals surface area contributed by atoms with Crippen molar-refractivity contribution < 1.29 is 23.8 Å². The molecule has 0 saturated heterocycles. The Morgan fingerprint density at radius 3 is 2.23 bits per heavy atom. The first-order valence-electron chi connectivity index (χ1n) is 8.18. The first-order chi connectivity index (χ1) is 12.6. The molecule has 6 nitrogen and oxygen atoms in total. The summed E-state index contributed by atoms with van der Waals surface area (Å²) in [6, 6.07) is 15.5. The van der Waals surface area contributed by atoms with Gasteiger partial charge in [-0.15, -0.1) is 0 Å². The topological polar surface area (TPSA) is 73.9 Å². The van der Waals surface area contributed by atoms with Gasteiger partial charge in [-0.05, 0) is 17.2 Å². The third-order valence-electron chi connectivity index (χ3n) is 3.99. The normalized spacial score (nSPS) is 12.7. The molecule has 2 atom stereocenters. The number of carbonyl (C=O) groups is 2. The molecular weight excluding hydrogens is 334 g/mol. The molecule has 0 fully saturated rings. The standard InChI is InChI=1S/C20H23NO5/c1-24-17-12-8-7-11-15(17)13-16(20(23)26-3)21-19(22)18(25-2)14-9-5-4-6-10-14/h4-12,16,18H,13H2,1-3H3,(H,21,22)/t16-,18-/m1/s1. The van der Waals surface area contributed by atoms with Gasteiger partial charge in [0.1, 0.15) is 11.8 Å². The molecule has 0 spiro atoms. The Morgan fingerprint density at radius 1 is 0.962 bits per heavy atom. The Balaban J connectivity index is 2.19. The third kappa shape index (κ3) is 4.83. The minimum atomic E-state index is -0.856. The molecule has 0 radical (unpaired) electrons. The zero-order valence-corrected chi connectivity index (χ0v) is 15.1. The van der Waals surface area contributed by atoms with Gasteiger partial charge in [0.15, 0.2) is 6.10 Å². The van der Waals surface area contributed by atoms with E-state index in [0.717, 1.165) is 5.56 Å². The number of rotatable bonds is 8. The summed E-state index contributed by atoms with van der Waals surface area (Å²) in [6.45, 7) is 0. The van der Waals surface area contributed by atoms with Gasteiger partial charge in [0, 0.05) is 13.5 Å². The SMILES string of the molecule is COC(=O)[C@@H](Cc1ccccc1OC)NC(=O)[C@H](OC)c1ccccc1. The zero-order chi connectivity index (χ0) is 18.9. The molecule has 2 aromatic carbocycles. The van der Waals surface area contributed by atoms with Gasteiger partial charge in [-0.1, -0.05) is 48.5 Å². The fraction of sp³-hybridized carbons (Fsp3) is 0.300. The lowest BCUT2D eigenvalue weighted by molar-refractivity contribution is -0.146. The van der Waals surface area contributed by atoms with Gasteiger partial charge in [0.05, 0.1) is 14.2 Å². The van der Waals surface area contributed by atoms with Crippen molar-refractivity contribution in [3.8, 4) is 5.75 Å². The molecule has 2 rings (SSSR count). The minimum Gasteiger partial charge on any atom is -0.496 e. The highest BCUT2D eigenvalue weighted by Gasteiger charge is 2.28. The van der Waals surface area contributed by atoms with Crippen LogP contribution in [0.1, 0.15) is 17.2 Å². The second-order valence-corrected chi connectivity index (χ2v) is 5.63. The highest BCUT2D eigenvalue weighted by atomic mass is 16.5. The molecule has 2 aromatic rings. The summed E-state index contributed by atoms with van der Waals surface area (Å²) in [5.74, 6) is -0.307. The molecular formula is C20H23NO5. The molecule has 0 aliphatic carbocycles. The molecule has 0 aliphatic rings. The van der Waals surface area contributed by atoms with Crippen LogP contribution in [0.25, 0.3) is 0 Å². The predicted octanol–water partition coefficient (Wildman–Crippen LogP) is 2.28. The number of hydrogen-bond donors (Lipinski definition) is 1. The van der Waals surface area contributed by atoms with Crippen molar-refractivity contribution in [1.82, 2.24) is 5.32 Å². The number of nitrogens with one attached hydrogen (secondary N) is 1. The van der Waals surface area contributed by atoms with Crippen molar-refractivity contribution in [2.24, 2.45) is 0 Å². The van der Waals surface area contributed by atoms with Crippen molar-refractivity contribution in [3.63, 3.8) is 0 Å². The molecule has 0 bridgehead atoms. The number of para-hydroxylation sites is 1. The van der Waals surface area contributed by atoms with Gasteiger partial charge in [-0.2, -0.15) is 0 Å². The van der Waals surface area contributed by atoms with Crippen molar-refractivity contribution in [3.05, 3.63) is 65.7 Å². The third-order valence-corrected chi connectivity index (χ3v) is 3.99. The van der Waals surface area contributed by atoms with Crippen LogP contribution in [0.15, 0.2) is 54.6 Å². The van der Waals surface area contributed by atoms with E-state index in [1.165, 1.54) is 14.2 Å². The summed E-state index contributed by atoms with van der Waals surface area (Å²) in [4.78, 5) is 24.9. The van der Waals surface area contributed by atoms with Crippen LogP contribution < -0.4 is 10.1 Å². The largest absolute Gasteiger partial charge is 0.496 e. The van der Waals surface area contributed by atoms with E-state index < -0.39 is 24.0 Å². The number of benzene rings is 2. The quantitative estimate of drug-likeness (QED) is 0.734. The van der Waals surface area contributed by atoms with E-state index in [1.807, 2.05) is 36.4 Å². The first-order valence-corrected chi connectivity index (χ1v) is 8.18. The molecule has 26 heavy (non-hydrogen) atoms. The van der Waals surface area contributed by atoms with E-state index in [2.05, 4.69) is 5.32 Å². The second kappa shape index (κ2) is 9.58. The van der Waals surface area contributed by atoms with Crippen LogP contribution in [0.2, 0.25) is 0 Å². The lowest BCUT2D eigenvalue weighted by Gasteiger charge is -2.21. The molecule has 0 saturated carbocycles. The molecule has 0 heterocycles. The lowest BCUT2D eigenvalue weighted by atomic mass is 10.0. The number of hydrogen-bond acceptors (Lipinski definition) is 5. The van der Waals surface area contributed by atoms with Gasteiger partial charge in [-0.25, -0.2) is 4.79 Å². The summed E-state index contributed by atoms with van der Waals surface area (Å²) in [5, 5.41) is 2.72. The average Bonchev–Trinajstić information content (AvgIpc) is 2.68. The van der Waals surface area contributed by atoms with E-state index in [9.17, 15) is 9.59 Å². The maximum atomic E-state index is 12.7. The van der Waals surface area contributed by atoms with E-state index in [1.54, 1.807) is 25.3 Å². The van der Waals surface area contributed by atoms with Gasteiger partial charge in [0.2, 0.25) is 0 Å². The van der Waals surface area contributed by atoms with Crippen molar-refractivity contribution >= 4 is 11.9 Å². The van der Waals surface area contributed by atoms with E-state index in [4.69, 9.17) is 14.2 Å². The van der Waals surface area contributed by atoms with Crippen molar-refractivity contribution in [2.45, 2.75) is 18.6 Å². The number of esters is 1. The molecule has 6 heteroatoms. The molecule has 0 unspecified atom stereocenters. The van der Waals surface area contributed by atoms with Gasteiger partial charge < -0.3 is 19.5 Å². The Morgan fingerprint density at radius 2 is 1.62 bits per heavy atom. The van der Waals surface area contributed by atoms with Crippen LogP contribution in [0.5, 0.6) is 5.75 Å². The van der Waals surface area contributed by atoms with Crippen LogP contribution in [-0.4, -0.2) is 39.2 Å². The van der Waals surface area contributed by atoms with E-state index >= 15 is 0 Å². The first kappa shape index (κ1) is 19.5. The lowest BCUT2D eigenvalue weighted by Crippen LogP contribution is -2.45. The number of amides is 1. The van der Waals surface area contributed by atoms with Crippen LogP contribution in [-0.2, 0) is 25.5 Å². The van der Waals surface area contributed by atoms with Crippen LogP contribution in [0.3, 0.4) is 0 Å². The Bertz CT molecular complexity index is 732. The van der Waals surface area contributed by atoms with Gasteiger partial charge in [-0.3, -0.25) is 4.79 Å². The number of carbonyl (C=O) groups excluding carboxylic acids is 2. The highest BCUT2D eigenvalue weighted by Crippen LogP contribution is 2.21. The molecule has 1 amide bonds. The fourth-order valence-corrected chi connectivity index (χ4v) is 2.70. The molecule has 138 valence electrons. The maximum Gasteiger partial charge on any atom is 0.328 e. The Kier molecular flexibility index (Phi) is 7.17. The highest BCUT2D eigenvalue weighted by molar-refractivity contribution is 5.88. The van der Waals surface area contributed by atoms with E-state index in [0.29, 0.717) is 11.3 Å². The second-order valence-electron chi connectivity index (χ2n) is 5.63. The summed E-state index contributed by atoms with van der Waals surface area (Å²) in [7, 11) is 4.29. The Labute approximate surface area is 153 Å². The predicted molar refractivity (Wildman–Crippen MR) is 96.8 cm³/mol. The summed E-state index contributed by atoms with van der Waals surface area (Å²) < 4.78 is 15.5. The van der Waals surface area contributed by atoms with Gasteiger partial charge in [0.25, 0.3) is 5.91 Å². The number of methoxy groups -OCH3 is 3. The van der Waals surface area contributed by atoms with Crippen molar-refractivity contribution in [2.75, 3.05) is 21.3 Å². The number of ether oxygens (including phenoxy) is 3. The van der Waals surface area contributed by atoms with E-state index in [-0.39, 0.29) is 6.42 Å². The maximum absolute atomic E-state index is 12.7. The smallest absolute Gasteiger partial charge is 0.328 e. The monoisotopic (exact) mass is 357 g/mol.